The summed E-state index contributed by atoms with van der Waals surface area (Å²) in [5.41, 5.74) is 2.46. The Bertz CT molecular complexity index is 642. The highest BCUT2D eigenvalue weighted by Gasteiger charge is 2.16. The van der Waals surface area contributed by atoms with Crippen molar-refractivity contribution in [2.75, 3.05) is 37.6 Å². The zero-order valence-electron chi connectivity index (χ0n) is 15.6. The third-order valence-corrected chi connectivity index (χ3v) is 5.04. The molecule has 0 spiro atoms. The first-order valence-corrected chi connectivity index (χ1v) is 9.33. The van der Waals surface area contributed by atoms with Crippen LogP contribution < -0.4 is 10.2 Å². The first-order chi connectivity index (χ1) is 12.2. The molecule has 0 amide bonds. The first-order valence-electron chi connectivity index (χ1n) is 9.33. The van der Waals surface area contributed by atoms with Crippen molar-refractivity contribution >= 4 is 5.82 Å². The first kappa shape index (κ1) is 17.9. The summed E-state index contributed by atoms with van der Waals surface area (Å²) in [5.74, 6) is 1.10. The average molecular weight is 342 g/mol. The fourth-order valence-electron chi connectivity index (χ4n) is 3.36. The molecule has 1 aliphatic heterocycles. The Kier molecular flexibility index (Phi) is 6.04. The SMILES string of the molecule is CC[C@@H](NCc1ccc(N2CCN(CC)CC2)nc1)c1cnn(C)c1. The quantitative estimate of drug-likeness (QED) is 0.836. The maximum Gasteiger partial charge on any atom is 0.128 e. The van der Waals surface area contributed by atoms with Crippen LogP contribution in [0.2, 0.25) is 0 Å². The standard InChI is InChI=1S/C19H30N6/c1-4-18(17-14-22-23(3)15-17)20-12-16-6-7-19(21-13-16)25-10-8-24(5-2)9-11-25/h6-7,13-15,18,20H,4-5,8-12H2,1-3H3/t18-/m1/s1. The molecule has 2 aromatic rings. The maximum absolute atomic E-state index is 4.68. The van der Waals surface area contributed by atoms with E-state index in [0.29, 0.717) is 6.04 Å². The van der Waals surface area contributed by atoms with E-state index in [4.69, 9.17) is 0 Å². The third kappa shape index (κ3) is 4.58. The predicted molar refractivity (Wildman–Crippen MR) is 102 cm³/mol. The van der Waals surface area contributed by atoms with Gasteiger partial charge in [-0.3, -0.25) is 4.68 Å². The van der Waals surface area contributed by atoms with Crippen molar-refractivity contribution in [3.05, 3.63) is 41.9 Å². The summed E-state index contributed by atoms with van der Waals surface area (Å²) in [6, 6.07) is 4.68. The molecule has 2 aromatic heterocycles. The highest BCUT2D eigenvalue weighted by molar-refractivity contribution is 5.40. The van der Waals surface area contributed by atoms with Crippen LogP contribution in [0, 0.1) is 0 Å². The smallest absolute Gasteiger partial charge is 0.128 e. The molecule has 1 aliphatic rings. The van der Waals surface area contributed by atoms with Crippen molar-refractivity contribution in [2.45, 2.75) is 32.9 Å². The summed E-state index contributed by atoms with van der Waals surface area (Å²) in [7, 11) is 1.96. The second kappa shape index (κ2) is 8.45. The average Bonchev–Trinajstić information content (AvgIpc) is 3.09. The molecular weight excluding hydrogens is 312 g/mol. The maximum atomic E-state index is 4.68. The summed E-state index contributed by atoms with van der Waals surface area (Å²) in [4.78, 5) is 9.55. The summed E-state index contributed by atoms with van der Waals surface area (Å²) in [6.07, 6.45) is 7.07. The Morgan fingerprint density at radius 3 is 2.48 bits per heavy atom. The van der Waals surface area contributed by atoms with Crippen molar-refractivity contribution in [2.24, 2.45) is 7.05 Å². The van der Waals surface area contributed by atoms with E-state index in [1.54, 1.807) is 0 Å². The molecule has 1 atom stereocenters. The van der Waals surface area contributed by atoms with Gasteiger partial charge in [0, 0.05) is 63.8 Å². The number of rotatable bonds is 7. The molecule has 6 nitrogen and oxygen atoms in total. The molecule has 136 valence electrons. The van der Waals surface area contributed by atoms with Crippen LogP contribution in [0.5, 0.6) is 0 Å². The van der Waals surface area contributed by atoms with Crippen molar-refractivity contribution in [1.82, 2.24) is 25.0 Å². The second-order valence-corrected chi connectivity index (χ2v) is 6.74. The molecule has 0 aromatic carbocycles. The van der Waals surface area contributed by atoms with E-state index in [1.165, 1.54) is 11.1 Å². The van der Waals surface area contributed by atoms with E-state index in [0.717, 1.165) is 51.5 Å². The zero-order chi connectivity index (χ0) is 17.6. The highest BCUT2D eigenvalue weighted by Crippen LogP contribution is 2.17. The number of hydrogen-bond acceptors (Lipinski definition) is 5. The normalized spacial score (nSPS) is 17.0. The Morgan fingerprint density at radius 1 is 1.12 bits per heavy atom. The summed E-state index contributed by atoms with van der Waals surface area (Å²) >= 11 is 0. The summed E-state index contributed by atoms with van der Waals surface area (Å²) in [5, 5.41) is 7.88. The summed E-state index contributed by atoms with van der Waals surface area (Å²) < 4.78 is 1.86. The van der Waals surface area contributed by atoms with Gasteiger partial charge in [0.05, 0.1) is 6.20 Å². The number of hydrogen-bond donors (Lipinski definition) is 1. The fourth-order valence-corrected chi connectivity index (χ4v) is 3.36. The van der Waals surface area contributed by atoms with E-state index in [1.807, 2.05) is 24.1 Å². The minimum absolute atomic E-state index is 0.329. The molecule has 1 N–H and O–H groups in total. The van der Waals surface area contributed by atoms with Gasteiger partial charge in [0.2, 0.25) is 0 Å². The van der Waals surface area contributed by atoms with Gasteiger partial charge in [-0.1, -0.05) is 19.9 Å². The number of pyridine rings is 1. The lowest BCUT2D eigenvalue weighted by Gasteiger charge is -2.34. The molecule has 6 heteroatoms. The van der Waals surface area contributed by atoms with Gasteiger partial charge in [-0.25, -0.2) is 4.98 Å². The predicted octanol–water partition coefficient (Wildman–Crippen LogP) is 2.20. The monoisotopic (exact) mass is 342 g/mol. The molecule has 3 rings (SSSR count). The largest absolute Gasteiger partial charge is 0.354 e. The minimum Gasteiger partial charge on any atom is -0.354 e. The zero-order valence-corrected chi connectivity index (χ0v) is 15.6. The Morgan fingerprint density at radius 2 is 1.92 bits per heavy atom. The summed E-state index contributed by atoms with van der Waals surface area (Å²) in [6.45, 7) is 10.8. The van der Waals surface area contributed by atoms with E-state index in [-0.39, 0.29) is 0 Å². The van der Waals surface area contributed by atoms with Crippen LogP contribution in [0.4, 0.5) is 5.82 Å². The van der Waals surface area contributed by atoms with Gasteiger partial charge in [0.25, 0.3) is 0 Å². The Hall–Kier alpha value is -1.92. The molecule has 0 bridgehead atoms. The second-order valence-electron chi connectivity index (χ2n) is 6.74. The Balaban J connectivity index is 1.54. The minimum atomic E-state index is 0.329. The van der Waals surface area contributed by atoms with Crippen LogP contribution in [0.1, 0.15) is 37.4 Å². The topological polar surface area (TPSA) is 49.2 Å². The van der Waals surface area contributed by atoms with Gasteiger partial charge in [-0.2, -0.15) is 5.10 Å². The number of nitrogens with one attached hydrogen (secondary N) is 1. The lowest BCUT2D eigenvalue weighted by atomic mass is 10.1. The number of likely N-dealkylation sites (N-methyl/N-ethyl adjacent to an activating group) is 1. The molecule has 0 aliphatic carbocycles. The fraction of sp³-hybridized carbons (Fsp3) is 0.579. The van der Waals surface area contributed by atoms with E-state index < -0.39 is 0 Å². The molecule has 0 saturated carbocycles. The van der Waals surface area contributed by atoms with Crippen molar-refractivity contribution in [3.63, 3.8) is 0 Å². The van der Waals surface area contributed by atoms with Gasteiger partial charge in [-0.15, -0.1) is 0 Å². The van der Waals surface area contributed by atoms with E-state index in [9.17, 15) is 0 Å². The van der Waals surface area contributed by atoms with Gasteiger partial charge in [0.15, 0.2) is 0 Å². The van der Waals surface area contributed by atoms with Crippen LogP contribution in [-0.4, -0.2) is 52.4 Å². The molecule has 25 heavy (non-hydrogen) atoms. The number of piperazine rings is 1. The van der Waals surface area contributed by atoms with Crippen LogP contribution >= 0.6 is 0 Å². The van der Waals surface area contributed by atoms with Crippen molar-refractivity contribution in [3.8, 4) is 0 Å². The van der Waals surface area contributed by atoms with Crippen LogP contribution in [0.3, 0.4) is 0 Å². The number of aromatic nitrogens is 3. The molecule has 1 fully saturated rings. The van der Waals surface area contributed by atoms with Crippen LogP contribution in [-0.2, 0) is 13.6 Å². The van der Waals surface area contributed by atoms with Crippen LogP contribution in [0.15, 0.2) is 30.7 Å². The molecule has 3 heterocycles. The highest BCUT2D eigenvalue weighted by atomic mass is 15.3. The lowest BCUT2D eigenvalue weighted by Crippen LogP contribution is -2.46. The van der Waals surface area contributed by atoms with Crippen LogP contribution in [0.25, 0.3) is 0 Å². The van der Waals surface area contributed by atoms with Crippen molar-refractivity contribution < 1.29 is 0 Å². The number of aryl methyl sites for hydroxylation is 1. The van der Waals surface area contributed by atoms with Gasteiger partial charge in [-0.05, 0) is 24.6 Å². The van der Waals surface area contributed by atoms with Gasteiger partial charge in [0.1, 0.15) is 5.82 Å². The van der Waals surface area contributed by atoms with E-state index >= 15 is 0 Å². The Labute approximate surface area is 150 Å². The number of anilines is 1. The molecule has 1 saturated heterocycles. The van der Waals surface area contributed by atoms with Crippen molar-refractivity contribution in [1.29, 1.82) is 0 Å². The third-order valence-electron chi connectivity index (χ3n) is 5.04. The van der Waals surface area contributed by atoms with E-state index in [2.05, 4.69) is 57.4 Å². The van der Waals surface area contributed by atoms with Gasteiger partial charge >= 0.3 is 0 Å². The van der Waals surface area contributed by atoms with Gasteiger partial charge < -0.3 is 15.1 Å². The number of nitrogens with zero attached hydrogens (tertiary/aromatic N) is 5. The molecule has 0 unspecified atom stereocenters. The molecular formula is C19H30N6. The molecule has 0 radical (unpaired) electrons. The lowest BCUT2D eigenvalue weighted by molar-refractivity contribution is 0.270.